The van der Waals surface area contributed by atoms with Crippen molar-refractivity contribution in [2.75, 3.05) is 20.1 Å². The van der Waals surface area contributed by atoms with Crippen molar-refractivity contribution in [2.24, 2.45) is 7.05 Å². The lowest BCUT2D eigenvalue weighted by molar-refractivity contribution is 0.181. The van der Waals surface area contributed by atoms with E-state index in [0.717, 1.165) is 18.9 Å². The minimum Gasteiger partial charge on any atom is -0.320 e. The monoisotopic (exact) mass is 223 g/mol. The van der Waals surface area contributed by atoms with Gasteiger partial charge in [0.05, 0.1) is 6.54 Å². The summed E-state index contributed by atoms with van der Waals surface area (Å²) in [4.78, 5) is 2.45. The van der Waals surface area contributed by atoms with Crippen molar-refractivity contribution in [3.05, 3.63) is 12.2 Å². The molecule has 1 aromatic rings. The first-order chi connectivity index (χ1) is 7.77. The highest BCUT2D eigenvalue weighted by molar-refractivity contribution is 4.84. The topological polar surface area (TPSA) is 46.0 Å². The summed E-state index contributed by atoms with van der Waals surface area (Å²) in [5, 5.41) is 11.4. The highest BCUT2D eigenvalue weighted by Crippen LogP contribution is 2.13. The molecular formula is C11H21N5. The highest BCUT2D eigenvalue weighted by Gasteiger charge is 2.18. The van der Waals surface area contributed by atoms with Crippen molar-refractivity contribution in [1.29, 1.82) is 0 Å². The molecule has 5 heteroatoms. The molecule has 2 heterocycles. The van der Waals surface area contributed by atoms with Crippen molar-refractivity contribution < 1.29 is 0 Å². The van der Waals surface area contributed by atoms with Gasteiger partial charge < -0.3 is 14.8 Å². The standard InChI is InChI=1S/C11H21N5/c1-15-6-4-3-5-10(15)7-12-8-11-14-13-9-16(11)2/h9-10,12H,3-8H2,1-2H3. The molecule has 0 spiro atoms. The Labute approximate surface area is 96.8 Å². The molecule has 1 saturated heterocycles. The summed E-state index contributed by atoms with van der Waals surface area (Å²) in [6.07, 6.45) is 5.75. The number of nitrogens with one attached hydrogen (secondary N) is 1. The normalized spacial score (nSPS) is 22.5. The highest BCUT2D eigenvalue weighted by atomic mass is 15.3. The van der Waals surface area contributed by atoms with Gasteiger partial charge in [-0.3, -0.25) is 0 Å². The summed E-state index contributed by atoms with van der Waals surface area (Å²) >= 11 is 0. The maximum Gasteiger partial charge on any atom is 0.146 e. The minimum absolute atomic E-state index is 0.682. The van der Waals surface area contributed by atoms with Gasteiger partial charge in [-0.05, 0) is 26.4 Å². The van der Waals surface area contributed by atoms with Crippen LogP contribution in [0.2, 0.25) is 0 Å². The number of likely N-dealkylation sites (N-methyl/N-ethyl adjacent to an activating group) is 1. The van der Waals surface area contributed by atoms with Gasteiger partial charge in [0.15, 0.2) is 0 Å². The van der Waals surface area contributed by atoms with Gasteiger partial charge in [-0.25, -0.2) is 0 Å². The molecule has 16 heavy (non-hydrogen) atoms. The molecule has 0 aromatic carbocycles. The Morgan fingerprint density at radius 1 is 1.44 bits per heavy atom. The number of hydrogen-bond donors (Lipinski definition) is 1. The second-order valence-corrected chi connectivity index (χ2v) is 4.62. The first-order valence-corrected chi connectivity index (χ1v) is 6.01. The molecule has 1 fully saturated rings. The summed E-state index contributed by atoms with van der Waals surface area (Å²) in [5.41, 5.74) is 0. The van der Waals surface area contributed by atoms with Gasteiger partial charge in [-0.1, -0.05) is 6.42 Å². The maximum absolute atomic E-state index is 4.05. The lowest BCUT2D eigenvalue weighted by Gasteiger charge is -2.32. The average molecular weight is 223 g/mol. The summed E-state index contributed by atoms with van der Waals surface area (Å²) in [6.45, 7) is 3.08. The Kier molecular flexibility index (Phi) is 3.90. The molecule has 0 bridgehead atoms. The Bertz CT molecular complexity index is 322. The van der Waals surface area contributed by atoms with Gasteiger partial charge in [0.1, 0.15) is 12.2 Å². The van der Waals surface area contributed by atoms with Crippen LogP contribution in [0, 0.1) is 0 Å². The predicted octanol–water partition coefficient (Wildman–Crippen LogP) is 0.389. The molecule has 1 aliphatic heterocycles. The molecule has 1 aliphatic rings. The van der Waals surface area contributed by atoms with Crippen LogP contribution in [0.15, 0.2) is 6.33 Å². The van der Waals surface area contributed by atoms with Crippen LogP contribution in [0.25, 0.3) is 0 Å². The van der Waals surface area contributed by atoms with Crippen molar-refractivity contribution in [2.45, 2.75) is 31.8 Å². The average Bonchev–Trinajstić information content (AvgIpc) is 2.67. The predicted molar refractivity (Wildman–Crippen MR) is 63.0 cm³/mol. The molecule has 0 radical (unpaired) electrons. The van der Waals surface area contributed by atoms with Crippen LogP contribution in [0.5, 0.6) is 0 Å². The van der Waals surface area contributed by atoms with Crippen molar-refractivity contribution >= 4 is 0 Å². The Morgan fingerprint density at radius 3 is 3.00 bits per heavy atom. The van der Waals surface area contributed by atoms with E-state index in [4.69, 9.17) is 0 Å². The maximum atomic E-state index is 4.05. The molecule has 1 N–H and O–H groups in total. The Hall–Kier alpha value is -0.940. The zero-order chi connectivity index (χ0) is 11.4. The fourth-order valence-electron chi connectivity index (χ4n) is 2.22. The minimum atomic E-state index is 0.682. The molecule has 1 aromatic heterocycles. The molecule has 1 atom stereocenters. The van der Waals surface area contributed by atoms with Crippen LogP contribution in [0.4, 0.5) is 0 Å². The molecule has 0 saturated carbocycles. The quantitative estimate of drug-likeness (QED) is 0.802. The zero-order valence-corrected chi connectivity index (χ0v) is 10.2. The Morgan fingerprint density at radius 2 is 2.31 bits per heavy atom. The third kappa shape index (κ3) is 2.80. The second-order valence-electron chi connectivity index (χ2n) is 4.62. The molecule has 90 valence electrons. The van der Waals surface area contributed by atoms with Gasteiger partial charge in [-0.15, -0.1) is 10.2 Å². The molecule has 1 unspecified atom stereocenters. The number of likely N-dealkylation sites (tertiary alicyclic amines) is 1. The smallest absolute Gasteiger partial charge is 0.146 e. The third-order valence-corrected chi connectivity index (χ3v) is 3.39. The molecule has 0 amide bonds. The Balaban J connectivity index is 1.73. The van der Waals surface area contributed by atoms with Crippen molar-refractivity contribution in [1.82, 2.24) is 25.0 Å². The number of rotatable bonds is 4. The lowest BCUT2D eigenvalue weighted by Crippen LogP contribution is -2.43. The molecular weight excluding hydrogens is 202 g/mol. The van der Waals surface area contributed by atoms with Crippen LogP contribution in [0.3, 0.4) is 0 Å². The number of aromatic nitrogens is 3. The number of hydrogen-bond acceptors (Lipinski definition) is 4. The van der Waals surface area contributed by atoms with E-state index in [9.17, 15) is 0 Å². The lowest BCUT2D eigenvalue weighted by atomic mass is 10.0. The summed E-state index contributed by atoms with van der Waals surface area (Å²) in [5.74, 6) is 0.999. The number of aryl methyl sites for hydroxylation is 1. The van der Waals surface area contributed by atoms with E-state index >= 15 is 0 Å². The largest absolute Gasteiger partial charge is 0.320 e. The van der Waals surface area contributed by atoms with E-state index in [1.165, 1.54) is 25.8 Å². The third-order valence-electron chi connectivity index (χ3n) is 3.39. The van der Waals surface area contributed by atoms with Gasteiger partial charge in [0, 0.05) is 19.6 Å². The molecule has 2 rings (SSSR count). The van der Waals surface area contributed by atoms with Crippen molar-refractivity contribution in [3.63, 3.8) is 0 Å². The molecule has 5 nitrogen and oxygen atoms in total. The first kappa shape index (κ1) is 11.5. The van der Waals surface area contributed by atoms with Gasteiger partial charge in [0.2, 0.25) is 0 Å². The van der Waals surface area contributed by atoms with Crippen LogP contribution >= 0.6 is 0 Å². The fourth-order valence-corrected chi connectivity index (χ4v) is 2.22. The van der Waals surface area contributed by atoms with Crippen molar-refractivity contribution in [3.8, 4) is 0 Å². The number of piperidine rings is 1. The van der Waals surface area contributed by atoms with Crippen LogP contribution in [-0.2, 0) is 13.6 Å². The first-order valence-electron chi connectivity index (χ1n) is 6.01. The molecule has 0 aliphatic carbocycles. The number of nitrogens with zero attached hydrogens (tertiary/aromatic N) is 4. The zero-order valence-electron chi connectivity index (χ0n) is 10.2. The SMILES string of the molecule is CN1CCCCC1CNCc1nncn1C. The van der Waals surface area contributed by atoms with E-state index in [-0.39, 0.29) is 0 Å². The van der Waals surface area contributed by atoms with Crippen LogP contribution < -0.4 is 5.32 Å². The van der Waals surface area contributed by atoms with Gasteiger partial charge in [0.25, 0.3) is 0 Å². The fraction of sp³-hybridized carbons (Fsp3) is 0.818. The van der Waals surface area contributed by atoms with Gasteiger partial charge in [-0.2, -0.15) is 0 Å². The summed E-state index contributed by atoms with van der Waals surface area (Å²) in [6, 6.07) is 0.682. The van der Waals surface area contributed by atoms with E-state index < -0.39 is 0 Å². The van der Waals surface area contributed by atoms with Gasteiger partial charge >= 0.3 is 0 Å². The van der Waals surface area contributed by atoms with E-state index in [0.29, 0.717) is 6.04 Å². The van der Waals surface area contributed by atoms with E-state index in [1.807, 2.05) is 11.6 Å². The summed E-state index contributed by atoms with van der Waals surface area (Å²) in [7, 11) is 4.19. The van der Waals surface area contributed by atoms with E-state index in [1.54, 1.807) is 6.33 Å². The van der Waals surface area contributed by atoms with E-state index in [2.05, 4.69) is 27.5 Å². The van der Waals surface area contributed by atoms with Crippen LogP contribution in [0.1, 0.15) is 25.1 Å². The van der Waals surface area contributed by atoms with Crippen LogP contribution in [-0.4, -0.2) is 45.8 Å². The second kappa shape index (κ2) is 5.41. The summed E-state index contributed by atoms with van der Waals surface area (Å²) < 4.78 is 1.96.